The third-order valence-electron chi connectivity index (χ3n) is 4.59. The summed E-state index contributed by atoms with van der Waals surface area (Å²) in [7, 11) is 0. The molecule has 0 aliphatic rings. The van der Waals surface area contributed by atoms with Crippen LogP contribution in [-0.4, -0.2) is 33.4 Å². The molecule has 0 fully saturated rings. The van der Waals surface area contributed by atoms with E-state index in [1.54, 1.807) is 49.0 Å². The van der Waals surface area contributed by atoms with Gasteiger partial charge < -0.3 is 10.4 Å². The molecule has 0 unspecified atom stereocenters. The molecule has 0 aliphatic carbocycles. The number of anilines is 1. The number of amides is 1. The fraction of sp³-hybridized carbons (Fsp3) is 0.227. The van der Waals surface area contributed by atoms with Crippen LogP contribution in [0.1, 0.15) is 11.3 Å². The lowest BCUT2D eigenvalue weighted by atomic mass is 10.1. The second kappa shape index (κ2) is 9.93. The molecular formula is C22H22ClN3O3S. The molecule has 3 rings (SSSR count). The summed E-state index contributed by atoms with van der Waals surface area (Å²) in [6, 6.07) is 14.4. The van der Waals surface area contributed by atoms with Gasteiger partial charge in [-0.05, 0) is 55.6 Å². The molecule has 0 saturated heterocycles. The molecule has 30 heavy (non-hydrogen) atoms. The van der Waals surface area contributed by atoms with Crippen LogP contribution in [0.5, 0.6) is 0 Å². The van der Waals surface area contributed by atoms with Crippen molar-refractivity contribution in [3.05, 3.63) is 75.2 Å². The van der Waals surface area contributed by atoms with Gasteiger partial charge in [0.15, 0.2) is 0 Å². The molecule has 156 valence electrons. The molecule has 2 aromatic carbocycles. The van der Waals surface area contributed by atoms with E-state index in [-0.39, 0.29) is 31.0 Å². The number of nitrogens with one attached hydrogen (secondary N) is 1. The van der Waals surface area contributed by atoms with E-state index in [2.05, 4.69) is 10.3 Å². The third kappa shape index (κ3) is 5.11. The summed E-state index contributed by atoms with van der Waals surface area (Å²) >= 11 is 7.56. The zero-order valence-corrected chi connectivity index (χ0v) is 18.3. The van der Waals surface area contributed by atoms with Crippen LogP contribution in [-0.2, 0) is 17.8 Å². The summed E-state index contributed by atoms with van der Waals surface area (Å²) in [5.74, 6) is 0.0371. The number of rotatable bonds is 7. The van der Waals surface area contributed by atoms with Gasteiger partial charge in [0.25, 0.3) is 5.56 Å². The van der Waals surface area contributed by atoms with E-state index in [4.69, 9.17) is 11.6 Å². The average molecular weight is 444 g/mol. The van der Waals surface area contributed by atoms with Gasteiger partial charge in [0.2, 0.25) is 5.91 Å². The lowest BCUT2D eigenvalue weighted by Crippen LogP contribution is -2.33. The smallest absolute Gasteiger partial charge is 0.257 e. The van der Waals surface area contributed by atoms with Gasteiger partial charge in [-0.15, -0.1) is 11.8 Å². The molecule has 1 heterocycles. The maximum Gasteiger partial charge on any atom is 0.257 e. The molecule has 1 aromatic heterocycles. The Balaban J connectivity index is 2.00. The highest BCUT2D eigenvalue weighted by Gasteiger charge is 2.18. The van der Waals surface area contributed by atoms with Crippen molar-refractivity contribution in [1.82, 2.24) is 9.55 Å². The van der Waals surface area contributed by atoms with Crippen molar-refractivity contribution < 1.29 is 9.90 Å². The molecule has 0 spiro atoms. The van der Waals surface area contributed by atoms with Crippen LogP contribution in [0.15, 0.2) is 58.2 Å². The lowest BCUT2D eigenvalue weighted by molar-refractivity contribution is -0.116. The molecule has 0 bridgehead atoms. The number of carbonyl (C=O) groups is 1. The quantitative estimate of drug-likeness (QED) is 0.543. The number of nitrogens with zero attached hydrogens (tertiary/aromatic N) is 2. The van der Waals surface area contributed by atoms with E-state index in [1.807, 2.05) is 24.5 Å². The minimum absolute atomic E-state index is 0.175. The Morgan fingerprint density at radius 3 is 2.63 bits per heavy atom. The van der Waals surface area contributed by atoms with Crippen LogP contribution in [0.2, 0.25) is 5.02 Å². The van der Waals surface area contributed by atoms with Crippen LogP contribution in [0, 0.1) is 6.92 Å². The molecule has 0 aliphatic heterocycles. The van der Waals surface area contributed by atoms with E-state index < -0.39 is 0 Å². The van der Waals surface area contributed by atoms with Crippen molar-refractivity contribution in [3.63, 3.8) is 0 Å². The Morgan fingerprint density at radius 1 is 1.23 bits per heavy atom. The molecular weight excluding hydrogens is 422 g/mol. The number of halogens is 1. The maximum absolute atomic E-state index is 13.1. The second-order valence-corrected chi connectivity index (χ2v) is 7.97. The van der Waals surface area contributed by atoms with E-state index >= 15 is 0 Å². The Morgan fingerprint density at radius 2 is 1.97 bits per heavy atom. The number of aliphatic hydroxyl groups excluding tert-OH is 1. The van der Waals surface area contributed by atoms with Crippen molar-refractivity contribution >= 4 is 35.0 Å². The number of hydrogen-bond donors (Lipinski definition) is 2. The third-order valence-corrected chi connectivity index (χ3v) is 5.57. The van der Waals surface area contributed by atoms with Crippen molar-refractivity contribution in [2.75, 3.05) is 18.2 Å². The number of aryl methyl sites for hydroxylation is 1. The Hall–Kier alpha value is -2.61. The first-order chi connectivity index (χ1) is 14.4. The monoisotopic (exact) mass is 443 g/mol. The average Bonchev–Trinajstić information content (AvgIpc) is 2.73. The van der Waals surface area contributed by atoms with Crippen molar-refractivity contribution in [2.24, 2.45) is 0 Å². The highest BCUT2D eigenvalue weighted by Crippen LogP contribution is 2.21. The summed E-state index contributed by atoms with van der Waals surface area (Å²) in [5.41, 5.74) is 1.92. The second-order valence-electron chi connectivity index (χ2n) is 6.65. The van der Waals surface area contributed by atoms with Gasteiger partial charge in [0, 0.05) is 45.5 Å². The van der Waals surface area contributed by atoms with Gasteiger partial charge in [-0.2, -0.15) is 0 Å². The number of benzene rings is 2. The minimum atomic E-state index is -0.342. The molecule has 3 aromatic rings. The molecule has 8 heteroatoms. The molecule has 0 saturated carbocycles. The summed E-state index contributed by atoms with van der Waals surface area (Å²) in [6.45, 7) is 1.35. The van der Waals surface area contributed by atoms with Crippen LogP contribution in [0.3, 0.4) is 0 Å². The lowest BCUT2D eigenvalue weighted by Gasteiger charge is -2.16. The Kier molecular flexibility index (Phi) is 7.31. The summed E-state index contributed by atoms with van der Waals surface area (Å²) in [5, 5.41) is 12.7. The molecule has 0 radical (unpaired) electrons. The SMILES string of the molecule is CSc1cccc(NC(=O)Cn2c(-c3ccc(Cl)cc3)nc(C)c(CCO)c2=O)c1. The first-order valence-corrected chi connectivity index (χ1v) is 10.9. The molecule has 1 amide bonds. The van der Waals surface area contributed by atoms with Gasteiger partial charge in [-0.25, -0.2) is 4.98 Å². The summed E-state index contributed by atoms with van der Waals surface area (Å²) in [4.78, 5) is 31.5. The predicted molar refractivity (Wildman–Crippen MR) is 121 cm³/mol. The molecule has 2 N–H and O–H groups in total. The zero-order chi connectivity index (χ0) is 21.7. The van der Waals surface area contributed by atoms with Gasteiger partial charge in [-0.1, -0.05) is 17.7 Å². The topological polar surface area (TPSA) is 84.2 Å². The number of aliphatic hydroxyl groups is 1. The molecule has 0 atom stereocenters. The van der Waals surface area contributed by atoms with Crippen LogP contribution in [0.25, 0.3) is 11.4 Å². The van der Waals surface area contributed by atoms with Crippen molar-refractivity contribution in [2.45, 2.75) is 24.8 Å². The Bertz CT molecular complexity index is 1110. The Labute approximate surface area is 183 Å². The number of thioether (sulfide) groups is 1. The highest BCUT2D eigenvalue weighted by atomic mass is 35.5. The van der Waals surface area contributed by atoms with Gasteiger partial charge in [0.1, 0.15) is 12.4 Å². The maximum atomic E-state index is 13.1. The van der Waals surface area contributed by atoms with E-state index in [0.29, 0.717) is 33.4 Å². The first-order valence-electron chi connectivity index (χ1n) is 9.34. The standard InChI is InChI=1S/C22H22ClN3O3S/c1-14-19(10-11-27)22(29)26(21(24-14)15-6-8-16(23)9-7-15)13-20(28)25-17-4-3-5-18(12-17)30-2/h3-9,12,27H,10-11,13H2,1-2H3,(H,25,28). The van der Waals surface area contributed by atoms with Crippen LogP contribution >= 0.6 is 23.4 Å². The van der Waals surface area contributed by atoms with Gasteiger partial charge >= 0.3 is 0 Å². The summed E-state index contributed by atoms with van der Waals surface area (Å²) < 4.78 is 1.34. The summed E-state index contributed by atoms with van der Waals surface area (Å²) in [6.07, 6.45) is 2.13. The highest BCUT2D eigenvalue weighted by molar-refractivity contribution is 7.98. The first kappa shape index (κ1) is 22.1. The zero-order valence-electron chi connectivity index (χ0n) is 16.7. The predicted octanol–water partition coefficient (Wildman–Crippen LogP) is 3.77. The van der Waals surface area contributed by atoms with Crippen LogP contribution in [0.4, 0.5) is 5.69 Å². The normalized spacial score (nSPS) is 10.8. The fourth-order valence-electron chi connectivity index (χ4n) is 3.11. The van der Waals surface area contributed by atoms with E-state index in [0.717, 1.165) is 4.90 Å². The fourth-order valence-corrected chi connectivity index (χ4v) is 3.70. The van der Waals surface area contributed by atoms with Gasteiger partial charge in [-0.3, -0.25) is 14.2 Å². The largest absolute Gasteiger partial charge is 0.396 e. The number of carbonyl (C=O) groups excluding carboxylic acids is 1. The number of aromatic nitrogens is 2. The van der Waals surface area contributed by atoms with Gasteiger partial charge in [0.05, 0.1) is 0 Å². The van der Waals surface area contributed by atoms with E-state index in [9.17, 15) is 14.7 Å². The van der Waals surface area contributed by atoms with Crippen LogP contribution < -0.4 is 10.9 Å². The number of hydrogen-bond acceptors (Lipinski definition) is 5. The molecule has 6 nitrogen and oxygen atoms in total. The van der Waals surface area contributed by atoms with E-state index in [1.165, 1.54) is 4.57 Å². The van der Waals surface area contributed by atoms with Crippen molar-refractivity contribution in [3.8, 4) is 11.4 Å². The minimum Gasteiger partial charge on any atom is -0.396 e. The van der Waals surface area contributed by atoms with Crippen molar-refractivity contribution in [1.29, 1.82) is 0 Å².